The highest BCUT2D eigenvalue weighted by atomic mass is 35.5. The van der Waals surface area contributed by atoms with Crippen molar-refractivity contribution < 1.29 is 0 Å². The van der Waals surface area contributed by atoms with E-state index in [2.05, 4.69) is 10.3 Å². The smallest absolute Gasteiger partial charge is 0.126 e. The van der Waals surface area contributed by atoms with Crippen LogP contribution in [0.4, 0.5) is 5.82 Å². The fourth-order valence-corrected chi connectivity index (χ4v) is 2.07. The zero-order valence-electron chi connectivity index (χ0n) is 9.37. The van der Waals surface area contributed by atoms with Crippen LogP contribution >= 0.6 is 23.2 Å². The molecule has 0 saturated carbocycles. The van der Waals surface area contributed by atoms with Gasteiger partial charge in [0, 0.05) is 17.1 Å². The van der Waals surface area contributed by atoms with E-state index in [4.69, 9.17) is 23.2 Å². The number of anilines is 1. The molecule has 0 atom stereocenters. The van der Waals surface area contributed by atoms with Crippen LogP contribution < -0.4 is 5.32 Å². The molecule has 1 N–H and O–H groups in total. The number of rotatable bonds is 3. The Morgan fingerprint density at radius 2 is 2.00 bits per heavy atom. The predicted octanol–water partition coefficient (Wildman–Crippen LogP) is 4.49. The van der Waals surface area contributed by atoms with Crippen molar-refractivity contribution in [1.29, 1.82) is 0 Å². The van der Waals surface area contributed by atoms with Gasteiger partial charge >= 0.3 is 0 Å². The lowest BCUT2D eigenvalue weighted by Gasteiger charge is -2.07. The van der Waals surface area contributed by atoms with E-state index < -0.39 is 0 Å². The van der Waals surface area contributed by atoms with Crippen LogP contribution in [0.5, 0.6) is 0 Å². The van der Waals surface area contributed by atoms with Gasteiger partial charge in [-0.3, -0.25) is 0 Å². The highest BCUT2D eigenvalue weighted by Gasteiger charge is 2.06. The molecule has 88 valence electrons. The summed E-state index contributed by atoms with van der Waals surface area (Å²) in [4.78, 5) is 4.48. The minimum atomic E-state index is 0.610. The van der Waals surface area contributed by atoms with Gasteiger partial charge in [-0.25, -0.2) is 4.98 Å². The van der Waals surface area contributed by atoms with Crippen molar-refractivity contribution in [1.82, 2.24) is 4.98 Å². The van der Waals surface area contributed by atoms with E-state index in [1.807, 2.05) is 37.3 Å². The zero-order chi connectivity index (χ0) is 12.3. The first-order valence-electron chi connectivity index (χ1n) is 5.37. The lowest BCUT2D eigenvalue weighted by Crippen LogP contribution is -1.99. The number of nitrogens with one attached hydrogen (secondary N) is 1. The normalized spacial score (nSPS) is 10.3. The summed E-state index contributed by atoms with van der Waals surface area (Å²) in [5, 5.41) is 4.40. The number of hydrogen-bond donors (Lipinski definition) is 1. The minimum absolute atomic E-state index is 0.610. The van der Waals surface area contributed by atoms with Crippen molar-refractivity contribution in [3.63, 3.8) is 0 Å². The maximum absolute atomic E-state index is 6.15. The van der Waals surface area contributed by atoms with E-state index in [9.17, 15) is 0 Å². The molecule has 0 unspecified atom stereocenters. The average molecular weight is 267 g/mol. The van der Waals surface area contributed by atoms with Crippen LogP contribution in [0.3, 0.4) is 0 Å². The summed E-state index contributed by atoms with van der Waals surface area (Å²) < 4.78 is 0. The molecule has 1 heterocycles. The van der Waals surface area contributed by atoms with Gasteiger partial charge in [0.25, 0.3) is 0 Å². The SMILES string of the molecule is CCNc1cccc(-c2ccc(Cl)cc2Cl)n1. The van der Waals surface area contributed by atoms with Gasteiger partial charge < -0.3 is 5.32 Å². The number of pyridine rings is 1. The van der Waals surface area contributed by atoms with Crippen LogP contribution in [0.1, 0.15) is 6.92 Å². The molecule has 0 amide bonds. The molecule has 0 fully saturated rings. The Kier molecular flexibility index (Phi) is 3.87. The fraction of sp³-hybridized carbons (Fsp3) is 0.154. The van der Waals surface area contributed by atoms with Crippen molar-refractivity contribution in [2.45, 2.75) is 6.92 Å². The lowest BCUT2D eigenvalue weighted by atomic mass is 10.1. The van der Waals surface area contributed by atoms with Crippen molar-refractivity contribution in [2.75, 3.05) is 11.9 Å². The summed E-state index contributed by atoms with van der Waals surface area (Å²) in [5.74, 6) is 0.844. The maximum atomic E-state index is 6.15. The Morgan fingerprint density at radius 1 is 1.18 bits per heavy atom. The molecule has 0 spiro atoms. The summed E-state index contributed by atoms with van der Waals surface area (Å²) >= 11 is 12.0. The molecule has 2 aromatic rings. The third-order valence-corrected chi connectivity index (χ3v) is 2.86. The van der Waals surface area contributed by atoms with Gasteiger partial charge in [-0.1, -0.05) is 29.3 Å². The number of aromatic nitrogens is 1. The van der Waals surface area contributed by atoms with Crippen molar-refractivity contribution >= 4 is 29.0 Å². The first-order valence-corrected chi connectivity index (χ1v) is 6.12. The first kappa shape index (κ1) is 12.2. The summed E-state index contributed by atoms with van der Waals surface area (Å²) in [6.45, 7) is 2.87. The molecular formula is C13H12Cl2N2. The topological polar surface area (TPSA) is 24.9 Å². The number of benzene rings is 1. The molecule has 4 heteroatoms. The molecule has 1 aromatic carbocycles. The largest absolute Gasteiger partial charge is 0.370 e. The molecule has 0 bridgehead atoms. The van der Waals surface area contributed by atoms with E-state index in [1.165, 1.54) is 0 Å². The van der Waals surface area contributed by atoms with Gasteiger partial charge in [-0.05, 0) is 37.3 Å². The number of nitrogens with zero attached hydrogens (tertiary/aromatic N) is 1. The summed E-state index contributed by atoms with van der Waals surface area (Å²) in [5.41, 5.74) is 1.72. The van der Waals surface area contributed by atoms with Crippen LogP contribution in [0.2, 0.25) is 10.0 Å². The van der Waals surface area contributed by atoms with Crippen LogP contribution in [0, 0.1) is 0 Å². The second-order valence-corrected chi connectivity index (χ2v) is 4.41. The van der Waals surface area contributed by atoms with E-state index in [0.717, 1.165) is 23.6 Å². The monoisotopic (exact) mass is 266 g/mol. The van der Waals surface area contributed by atoms with Gasteiger partial charge in [0.1, 0.15) is 5.82 Å². The number of halogens is 2. The van der Waals surface area contributed by atoms with Crippen LogP contribution in [-0.2, 0) is 0 Å². The Morgan fingerprint density at radius 3 is 2.71 bits per heavy atom. The third-order valence-electron chi connectivity index (χ3n) is 2.31. The summed E-state index contributed by atoms with van der Waals surface area (Å²) in [7, 11) is 0. The quantitative estimate of drug-likeness (QED) is 0.886. The Labute approximate surface area is 111 Å². The molecule has 17 heavy (non-hydrogen) atoms. The second-order valence-electron chi connectivity index (χ2n) is 3.56. The van der Waals surface area contributed by atoms with E-state index in [0.29, 0.717) is 10.0 Å². The molecule has 0 saturated heterocycles. The summed E-state index contributed by atoms with van der Waals surface area (Å²) in [6.07, 6.45) is 0. The molecule has 0 aliphatic rings. The zero-order valence-corrected chi connectivity index (χ0v) is 10.9. The molecule has 0 aliphatic heterocycles. The van der Waals surface area contributed by atoms with Crippen molar-refractivity contribution in [2.24, 2.45) is 0 Å². The van der Waals surface area contributed by atoms with Crippen LogP contribution in [0.25, 0.3) is 11.3 Å². The highest BCUT2D eigenvalue weighted by molar-refractivity contribution is 6.36. The second kappa shape index (κ2) is 5.39. The lowest BCUT2D eigenvalue weighted by molar-refractivity contribution is 1.16. The molecule has 0 aliphatic carbocycles. The van der Waals surface area contributed by atoms with Crippen molar-refractivity contribution in [3.8, 4) is 11.3 Å². The van der Waals surface area contributed by atoms with E-state index in [-0.39, 0.29) is 0 Å². The molecular weight excluding hydrogens is 255 g/mol. The van der Waals surface area contributed by atoms with Gasteiger partial charge in [-0.15, -0.1) is 0 Å². The standard InChI is InChI=1S/C13H12Cl2N2/c1-2-16-13-5-3-4-12(17-13)10-7-6-9(14)8-11(10)15/h3-8H,2H2,1H3,(H,16,17). The van der Waals surface area contributed by atoms with Crippen LogP contribution in [0.15, 0.2) is 36.4 Å². The van der Waals surface area contributed by atoms with Gasteiger partial charge in [0.05, 0.1) is 10.7 Å². The molecule has 2 nitrogen and oxygen atoms in total. The minimum Gasteiger partial charge on any atom is -0.370 e. The average Bonchev–Trinajstić information content (AvgIpc) is 2.29. The Bertz CT molecular complexity index is 527. The van der Waals surface area contributed by atoms with Crippen molar-refractivity contribution in [3.05, 3.63) is 46.4 Å². The predicted molar refractivity (Wildman–Crippen MR) is 73.9 cm³/mol. The van der Waals surface area contributed by atoms with Gasteiger partial charge in [0.15, 0.2) is 0 Å². The van der Waals surface area contributed by atoms with E-state index >= 15 is 0 Å². The molecule has 1 aromatic heterocycles. The maximum Gasteiger partial charge on any atom is 0.126 e. The van der Waals surface area contributed by atoms with Gasteiger partial charge in [0.2, 0.25) is 0 Å². The first-order chi connectivity index (χ1) is 8.20. The fourth-order valence-electron chi connectivity index (χ4n) is 1.56. The van der Waals surface area contributed by atoms with E-state index in [1.54, 1.807) is 6.07 Å². The third kappa shape index (κ3) is 2.90. The van der Waals surface area contributed by atoms with Gasteiger partial charge in [-0.2, -0.15) is 0 Å². The number of hydrogen-bond acceptors (Lipinski definition) is 2. The Hall–Kier alpha value is -1.25. The molecule has 0 radical (unpaired) electrons. The molecule has 2 rings (SSSR count). The van der Waals surface area contributed by atoms with Crippen LogP contribution in [-0.4, -0.2) is 11.5 Å². The Balaban J connectivity index is 2.42. The highest BCUT2D eigenvalue weighted by Crippen LogP contribution is 2.29. The summed E-state index contributed by atoms with van der Waals surface area (Å²) in [6, 6.07) is 11.2.